The Labute approximate surface area is 189 Å². The number of halogens is 2. The molecule has 0 fully saturated rings. The van der Waals surface area contributed by atoms with Crippen LogP contribution in [0.25, 0.3) is 22.4 Å². The fourth-order valence-corrected chi connectivity index (χ4v) is 4.35. The molecule has 0 radical (unpaired) electrons. The molecule has 1 aliphatic rings. The van der Waals surface area contributed by atoms with Crippen LogP contribution in [-0.2, 0) is 19.5 Å². The van der Waals surface area contributed by atoms with E-state index in [1.807, 2.05) is 11.0 Å². The van der Waals surface area contributed by atoms with Crippen LogP contribution in [0.3, 0.4) is 0 Å². The van der Waals surface area contributed by atoms with Crippen LogP contribution in [0.5, 0.6) is 0 Å². The maximum Gasteiger partial charge on any atom is 0.342 e. The summed E-state index contributed by atoms with van der Waals surface area (Å²) in [4.78, 5) is 42.6. The van der Waals surface area contributed by atoms with Gasteiger partial charge in [-0.25, -0.2) is 19.7 Å². The van der Waals surface area contributed by atoms with Gasteiger partial charge in [-0.3, -0.25) is 9.69 Å². The highest BCUT2D eigenvalue weighted by Gasteiger charge is 2.24. The molecule has 3 aromatic heterocycles. The zero-order valence-electron chi connectivity index (χ0n) is 16.1. The second-order valence-corrected chi connectivity index (χ2v) is 8.54. The molecule has 8 nitrogen and oxygen atoms in total. The van der Waals surface area contributed by atoms with Crippen molar-refractivity contribution in [2.45, 2.75) is 19.5 Å². The van der Waals surface area contributed by atoms with Gasteiger partial charge in [0.1, 0.15) is 17.7 Å². The minimum Gasteiger partial charge on any atom is -0.422 e. The second kappa shape index (κ2) is 7.99. The van der Waals surface area contributed by atoms with Crippen LogP contribution >= 0.6 is 27.5 Å². The molecule has 0 aliphatic carbocycles. The Morgan fingerprint density at radius 3 is 2.84 bits per heavy atom. The summed E-state index contributed by atoms with van der Waals surface area (Å²) in [5, 5.41) is 1.03. The number of hydrogen-bond donors (Lipinski definition) is 1. The van der Waals surface area contributed by atoms with Crippen molar-refractivity contribution in [1.82, 2.24) is 24.8 Å². The summed E-state index contributed by atoms with van der Waals surface area (Å²) in [6, 6.07) is 5.31. The smallest absolute Gasteiger partial charge is 0.342 e. The van der Waals surface area contributed by atoms with Crippen LogP contribution < -0.4 is 11.2 Å². The van der Waals surface area contributed by atoms with Crippen LogP contribution in [-0.4, -0.2) is 31.4 Å². The first-order valence-corrected chi connectivity index (χ1v) is 10.7. The van der Waals surface area contributed by atoms with Gasteiger partial charge in [0.2, 0.25) is 0 Å². The molecule has 5 rings (SSSR count). The van der Waals surface area contributed by atoms with Crippen LogP contribution in [0.1, 0.15) is 16.8 Å². The molecule has 0 amide bonds. The molecule has 156 valence electrons. The van der Waals surface area contributed by atoms with E-state index in [-0.39, 0.29) is 12.1 Å². The molecular weight excluding hydrogens is 486 g/mol. The molecule has 0 bridgehead atoms. The van der Waals surface area contributed by atoms with Gasteiger partial charge in [0.15, 0.2) is 0 Å². The first-order valence-electron chi connectivity index (χ1n) is 9.50. The van der Waals surface area contributed by atoms with Crippen LogP contribution in [0, 0.1) is 0 Å². The van der Waals surface area contributed by atoms with Crippen LogP contribution in [0.15, 0.2) is 55.4 Å². The third-order valence-electron chi connectivity index (χ3n) is 5.26. The Morgan fingerprint density at radius 1 is 1.23 bits per heavy atom. The van der Waals surface area contributed by atoms with Crippen molar-refractivity contribution < 1.29 is 4.42 Å². The van der Waals surface area contributed by atoms with E-state index in [0.717, 1.165) is 10.2 Å². The topological polar surface area (TPSA) is 105 Å². The molecule has 31 heavy (non-hydrogen) atoms. The fourth-order valence-electron chi connectivity index (χ4n) is 3.71. The Hall–Kier alpha value is -2.88. The average Bonchev–Trinajstić information content (AvgIpc) is 2.78. The zero-order valence-corrected chi connectivity index (χ0v) is 18.4. The molecular formula is C21H15BrClN5O3. The number of nitrogens with zero attached hydrogens (tertiary/aromatic N) is 4. The van der Waals surface area contributed by atoms with Gasteiger partial charge >= 0.3 is 5.63 Å². The molecule has 0 saturated carbocycles. The van der Waals surface area contributed by atoms with Crippen molar-refractivity contribution >= 4 is 38.5 Å². The van der Waals surface area contributed by atoms with E-state index in [0.29, 0.717) is 58.0 Å². The van der Waals surface area contributed by atoms with E-state index >= 15 is 0 Å². The zero-order chi connectivity index (χ0) is 21.5. The number of fused-ring (bicyclic) bond motifs is 2. The van der Waals surface area contributed by atoms with E-state index in [9.17, 15) is 9.59 Å². The average molecular weight is 501 g/mol. The van der Waals surface area contributed by atoms with Crippen molar-refractivity contribution in [3.05, 3.63) is 84.0 Å². The first kappa shape index (κ1) is 20.0. The predicted octanol–water partition coefficient (Wildman–Crippen LogP) is 3.31. The quantitative estimate of drug-likeness (QED) is 0.430. The van der Waals surface area contributed by atoms with E-state index < -0.39 is 5.63 Å². The standard InChI is InChI=1S/C21H15BrClN5O3/c22-12-1-2-17-13(5-12)18(23)15(21(30)31-17)9-28-4-3-16-14(8-28)20(29)27-19(26-16)11-6-24-10-25-7-11/h1-2,5-7,10H,3-4,8-9H2,(H,26,27,29). The van der Waals surface area contributed by atoms with Gasteiger partial charge in [0.05, 0.1) is 27.4 Å². The van der Waals surface area contributed by atoms with Gasteiger partial charge in [-0.1, -0.05) is 27.5 Å². The Kier molecular flexibility index (Phi) is 5.17. The lowest BCUT2D eigenvalue weighted by atomic mass is 10.1. The van der Waals surface area contributed by atoms with Crippen molar-refractivity contribution in [2.24, 2.45) is 0 Å². The summed E-state index contributed by atoms with van der Waals surface area (Å²) in [6.45, 7) is 1.26. The first-order chi connectivity index (χ1) is 15.0. The number of benzene rings is 1. The minimum absolute atomic E-state index is 0.214. The number of H-pyrrole nitrogens is 1. The number of aromatic amines is 1. The third kappa shape index (κ3) is 3.80. The lowest BCUT2D eigenvalue weighted by Crippen LogP contribution is -2.36. The number of hydrogen-bond acceptors (Lipinski definition) is 7. The van der Waals surface area contributed by atoms with E-state index in [1.165, 1.54) is 6.33 Å². The maximum absolute atomic E-state index is 12.7. The van der Waals surface area contributed by atoms with Crippen molar-refractivity contribution in [3.8, 4) is 11.4 Å². The molecule has 10 heteroatoms. The third-order valence-corrected chi connectivity index (χ3v) is 6.18. The lowest BCUT2D eigenvalue weighted by Gasteiger charge is -2.27. The van der Waals surface area contributed by atoms with Crippen LogP contribution in [0.4, 0.5) is 0 Å². The van der Waals surface area contributed by atoms with E-state index in [1.54, 1.807) is 24.5 Å². The molecule has 0 saturated heterocycles. The summed E-state index contributed by atoms with van der Waals surface area (Å²) < 4.78 is 6.29. The Balaban J connectivity index is 1.46. The monoisotopic (exact) mass is 499 g/mol. The Bertz CT molecular complexity index is 1420. The maximum atomic E-state index is 12.7. The molecule has 4 heterocycles. The fraction of sp³-hybridized carbons (Fsp3) is 0.190. The molecule has 0 spiro atoms. The highest BCUT2D eigenvalue weighted by Crippen LogP contribution is 2.29. The normalized spacial score (nSPS) is 14.0. The number of rotatable bonds is 3. The Morgan fingerprint density at radius 2 is 2.03 bits per heavy atom. The largest absolute Gasteiger partial charge is 0.422 e. The van der Waals surface area contributed by atoms with E-state index in [2.05, 4.69) is 35.9 Å². The van der Waals surface area contributed by atoms with Gasteiger partial charge < -0.3 is 9.40 Å². The molecule has 4 aromatic rings. The number of nitrogens with one attached hydrogen (secondary N) is 1. The second-order valence-electron chi connectivity index (χ2n) is 7.25. The van der Waals surface area contributed by atoms with Crippen molar-refractivity contribution in [3.63, 3.8) is 0 Å². The number of aromatic nitrogens is 4. The highest BCUT2D eigenvalue weighted by atomic mass is 79.9. The minimum atomic E-state index is -0.475. The summed E-state index contributed by atoms with van der Waals surface area (Å²) >= 11 is 9.97. The molecule has 0 atom stereocenters. The van der Waals surface area contributed by atoms with Gasteiger partial charge in [-0.15, -0.1) is 0 Å². The van der Waals surface area contributed by atoms with Gasteiger partial charge in [-0.05, 0) is 18.2 Å². The van der Waals surface area contributed by atoms with Crippen LogP contribution in [0.2, 0.25) is 5.02 Å². The van der Waals surface area contributed by atoms with Gasteiger partial charge in [-0.2, -0.15) is 0 Å². The van der Waals surface area contributed by atoms with Gasteiger partial charge in [0, 0.05) is 48.3 Å². The van der Waals surface area contributed by atoms with Crippen molar-refractivity contribution in [2.75, 3.05) is 6.54 Å². The molecule has 1 aliphatic heterocycles. The summed E-state index contributed by atoms with van der Waals surface area (Å²) in [6.07, 6.45) is 5.20. The highest BCUT2D eigenvalue weighted by molar-refractivity contribution is 9.10. The predicted molar refractivity (Wildman–Crippen MR) is 119 cm³/mol. The molecule has 1 aromatic carbocycles. The summed E-state index contributed by atoms with van der Waals surface area (Å²) in [7, 11) is 0. The van der Waals surface area contributed by atoms with Crippen molar-refractivity contribution in [1.29, 1.82) is 0 Å². The molecule has 1 N–H and O–H groups in total. The van der Waals surface area contributed by atoms with E-state index in [4.69, 9.17) is 16.0 Å². The summed E-state index contributed by atoms with van der Waals surface area (Å²) in [5.74, 6) is 0.446. The molecule has 0 unspecified atom stereocenters. The SMILES string of the molecule is O=c1[nH]c(-c2cncnc2)nc2c1CN(Cc1c(Cl)c3cc(Br)ccc3oc1=O)CC2. The summed E-state index contributed by atoms with van der Waals surface area (Å²) in [5.41, 5.74) is 2.08. The van der Waals surface area contributed by atoms with Gasteiger partial charge in [0.25, 0.3) is 5.56 Å². The lowest BCUT2D eigenvalue weighted by molar-refractivity contribution is 0.239.